The highest BCUT2D eigenvalue weighted by Crippen LogP contribution is 2.34. The molecule has 108 valence electrons. The molecule has 5 heteroatoms. The summed E-state index contributed by atoms with van der Waals surface area (Å²) in [5.74, 6) is -0.860. The van der Waals surface area contributed by atoms with Crippen LogP contribution < -0.4 is 0 Å². The van der Waals surface area contributed by atoms with Crippen LogP contribution in [0.4, 0.5) is 13.2 Å². The van der Waals surface area contributed by atoms with Gasteiger partial charge in [0, 0.05) is 11.6 Å². The maximum atomic E-state index is 14.2. The second kappa shape index (κ2) is 5.92. The van der Waals surface area contributed by atoms with Crippen LogP contribution in [-0.2, 0) is 0 Å². The maximum absolute atomic E-state index is 14.2. The summed E-state index contributed by atoms with van der Waals surface area (Å²) in [7, 11) is 0. The zero-order valence-corrected chi connectivity index (χ0v) is 11.9. The lowest BCUT2D eigenvalue weighted by Gasteiger charge is -2.36. The van der Waals surface area contributed by atoms with E-state index in [1.54, 1.807) is 17.9 Å². The van der Waals surface area contributed by atoms with Gasteiger partial charge in [-0.05, 0) is 19.9 Å². The SMILES string of the molecule is CC(c1cccc(C(F)F)c1F)N1C(Cl)=CC=C[C@H]1C. The third kappa shape index (κ3) is 2.70. The fourth-order valence-corrected chi connectivity index (χ4v) is 2.79. The van der Waals surface area contributed by atoms with Gasteiger partial charge in [0.15, 0.2) is 0 Å². The first-order chi connectivity index (χ1) is 9.43. The molecule has 1 aliphatic rings. The number of nitrogens with zero attached hydrogens (tertiary/aromatic N) is 1. The number of hydrogen-bond acceptors (Lipinski definition) is 1. The Bertz CT molecular complexity index is 554. The van der Waals surface area contributed by atoms with E-state index in [0.717, 1.165) is 6.07 Å². The van der Waals surface area contributed by atoms with Crippen molar-refractivity contribution in [3.63, 3.8) is 0 Å². The van der Waals surface area contributed by atoms with Crippen molar-refractivity contribution in [1.29, 1.82) is 0 Å². The normalized spacial score (nSPS) is 20.2. The molecule has 1 aromatic rings. The van der Waals surface area contributed by atoms with Gasteiger partial charge in [-0.3, -0.25) is 0 Å². The van der Waals surface area contributed by atoms with Crippen molar-refractivity contribution in [3.8, 4) is 0 Å². The topological polar surface area (TPSA) is 3.24 Å². The lowest BCUT2D eigenvalue weighted by Crippen LogP contribution is -2.33. The van der Waals surface area contributed by atoms with Crippen molar-refractivity contribution in [2.75, 3.05) is 0 Å². The molecule has 1 heterocycles. The summed E-state index contributed by atoms with van der Waals surface area (Å²) in [6.45, 7) is 3.66. The highest BCUT2D eigenvalue weighted by Gasteiger charge is 2.27. The Labute approximate surface area is 121 Å². The summed E-state index contributed by atoms with van der Waals surface area (Å²) in [4.78, 5) is 1.79. The number of allylic oxidation sites excluding steroid dienone is 2. The van der Waals surface area contributed by atoms with E-state index < -0.39 is 23.8 Å². The largest absolute Gasteiger partial charge is 0.349 e. The van der Waals surface area contributed by atoms with Gasteiger partial charge in [-0.25, -0.2) is 13.2 Å². The van der Waals surface area contributed by atoms with E-state index in [-0.39, 0.29) is 11.6 Å². The quantitative estimate of drug-likeness (QED) is 0.697. The molecule has 0 bridgehead atoms. The standard InChI is InChI=1S/C15H15ClF3N/c1-9-5-3-8-13(16)20(9)10(2)11-6-4-7-12(14(11)17)15(18)19/h3-10,15H,1-2H3/t9-,10?/m1/s1. The van der Waals surface area contributed by atoms with Gasteiger partial charge in [0.25, 0.3) is 6.43 Å². The third-order valence-corrected chi connectivity index (χ3v) is 3.79. The van der Waals surface area contributed by atoms with E-state index in [9.17, 15) is 13.2 Å². The van der Waals surface area contributed by atoms with Crippen molar-refractivity contribution in [2.45, 2.75) is 32.4 Å². The van der Waals surface area contributed by atoms with Crippen LogP contribution in [0.15, 0.2) is 41.6 Å². The predicted molar refractivity (Wildman–Crippen MR) is 74.1 cm³/mol. The monoisotopic (exact) mass is 301 g/mol. The van der Waals surface area contributed by atoms with Crippen LogP contribution in [0.5, 0.6) is 0 Å². The zero-order chi connectivity index (χ0) is 14.9. The van der Waals surface area contributed by atoms with E-state index in [1.165, 1.54) is 12.1 Å². The van der Waals surface area contributed by atoms with Crippen molar-refractivity contribution in [2.24, 2.45) is 0 Å². The summed E-state index contributed by atoms with van der Waals surface area (Å²) in [6, 6.07) is 3.60. The first-order valence-electron chi connectivity index (χ1n) is 6.32. The average molecular weight is 302 g/mol. The molecule has 1 aliphatic heterocycles. The molecule has 2 rings (SSSR count). The van der Waals surface area contributed by atoms with Crippen LogP contribution in [0.1, 0.15) is 37.4 Å². The average Bonchev–Trinajstić information content (AvgIpc) is 2.38. The Morgan fingerprint density at radius 3 is 2.50 bits per heavy atom. The van der Waals surface area contributed by atoms with Crippen molar-refractivity contribution in [3.05, 3.63) is 58.5 Å². The summed E-state index contributed by atoms with van der Waals surface area (Å²) in [5, 5.41) is 0.467. The molecule has 20 heavy (non-hydrogen) atoms. The van der Waals surface area contributed by atoms with Gasteiger partial charge in [-0.1, -0.05) is 42.0 Å². The van der Waals surface area contributed by atoms with Crippen LogP contribution in [0.25, 0.3) is 0 Å². The Hall–Kier alpha value is -1.42. The molecule has 1 aromatic carbocycles. The summed E-state index contributed by atoms with van der Waals surface area (Å²) >= 11 is 6.14. The molecule has 0 aliphatic carbocycles. The minimum atomic E-state index is -2.83. The van der Waals surface area contributed by atoms with E-state index >= 15 is 0 Å². The second-order valence-electron chi connectivity index (χ2n) is 4.75. The number of benzene rings is 1. The van der Waals surface area contributed by atoms with Crippen molar-refractivity contribution >= 4 is 11.6 Å². The van der Waals surface area contributed by atoms with Gasteiger partial charge in [0.2, 0.25) is 0 Å². The van der Waals surface area contributed by atoms with E-state index in [0.29, 0.717) is 5.16 Å². The molecular weight excluding hydrogens is 287 g/mol. The molecule has 2 atom stereocenters. The second-order valence-corrected chi connectivity index (χ2v) is 5.14. The lowest BCUT2D eigenvalue weighted by atomic mass is 10.0. The molecule has 0 amide bonds. The smallest absolute Gasteiger partial charge is 0.266 e. The molecule has 0 fully saturated rings. The predicted octanol–water partition coefficient (Wildman–Crippen LogP) is 5.16. The van der Waals surface area contributed by atoms with Gasteiger partial charge in [-0.2, -0.15) is 0 Å². The number of alkyl halides is 2. The van der Waals surface area contributed by atoms with Gasteiger partial charge < -0.3 is 4.90 Å². The summed E-state index contributed by atoms with van der Waals surface area (Å²) < 4.78 is 39.7. The molecular formula is C15H15ClF3N. The number of hydrogen-bond donors (Lipinski definition) is 0. The van der Waals surface area contributed by atoms with Crippen LogP contribution >= 0.6 is 11.6 Å². The molecule has 0 saturated heterocycles. The summed E-state index contributed by atoms with van der Waals surface area (Å²) in [6.07, 6.45) is 2.61. The lowest BCUT2D eigenvalue weighted by molar-refractivity contribution is 0.145. The van der Waals surface area contributed by atoms with Crippen LogP contribution in [0, 0.1) is 5.82 Å². The van der Waals surface area contributed by atoms with Crippen LogP contribution in [0.2, 0.25) is 0 Å². The first kappa shape index (κ1) is 15.0. The molecule has 0 spiro atoms. The molecule has 0 aromatic heterocycles. The molecule has 0 radical (unpaired) electrons. The number of halogens is 4. The van der Waals surface area contributed by atoms with Gasteiger partial charge in [0.1, 0.15) is 11.0 Å². The summed E-state index contributed by atoms with van der Waals surface area (Å²) in [5.41, 5.74) is -0.355. The maximum Gasteiger partial charge on any atom is 0.266 e. The Morgan fingerprint density at radius 2 is 1.90 bits per heavy atom. The van der Waals surface area contributed by atoms with Crippen LogP contribution in [-0.4, -0.2) is 10.9 Å². The van der Waals surface area contributed by atoms with Crippen molar-refractivity contribution in [1.82, 2.24) is 4.90 Å². The van der Waals surface area contributed by atoms with Gasteiger partial charge in [0.05, 0.1) is 11.6 Å². The minimum Gasteiger partial charge on any atom is -0.349 e. The molecule has 1 unspecified atom stereocenters. The van der Waals surface area contributed by atoms with E-state index in [2.05, 4.69) is 0 Å². The molecule has 1 nitrogen and oxygen atoms in total. The Kier molecular flexibility index (Phi) is 4.43. The van der Waals surface area contributed by atoms with E-state index in [1.807, 2.05) is 19.1 Å². The van der Waals surface area contributed by atoms with E-state index in [4.69, 9.17) is 11.6 Å². The zero-order valence-electron chi connectivity index (χ0n) is 11.2. The highest BCUT2D eigenvalue weighted by atomic mass is 35.5. The number of rotatable bonds is 3. The molecule has 0 N–H and O–H groups in total. The van der Waals surface area contributed by atoms with Crippen molar-refractivity contribution < 1.29 is 13.2 Å². The first-order valence-corrected chi connectivity index (χ1v) is 6.70. The highest BCUT2D eigenvalue weighted by molar-refractivity contribution is 6.29. The van der Waals surface area contributed by atoms with Gasteiger partial charge >= 0.3 is 0 Å². The Morgan fingerprint density at radius 1 is 1.25 bits per heavy atom. The van der Waals surface area contributed by atoms with Gasteiger partial charge in [-0.15, -0.1) is 0 Å². The van der Waals surface area contributed by atoms with Crippen LogP contribution in [0.3, 0.4) is 0 Å². The molecule has 0 saturated carbocycles. The minimum absolute atomic E-state index is 0.0305. The fraction of sp³-hybridized carbons (Fsp3) is 0.333. The fourth-order valence-electron chi connectivity index (χ4n) is 2.42. The third-order valence-electron chi connectivity index (χ3n) is 3.47. The Balaban J connectivity index is 2.39.